The van der Waals surface area contributed by atoms with Gasteiger partial charge in [0, 0.05) is 6.42 Å². The van der Waals surface area contributed by atoms with Gasteiger partial charge in [-0.3, -0.25) is 9.59 Å². The Morgan fingerprint density at radius 3 is 2.50 bits per heavy atom. The van der Waals surface area contributed by atoms with Gasteiger partial charge in [-0.05, 0) is 15.0 Å². The number of rotatable bonds is 8. The number of aliphatic hydroxyl groups excluding tert-OH is 1. The maximum atomic E-state index is 11.3. The van der Waals surface area contributed by atoms with E-state index in [4.69, 9.17) is 0 Å². The number of aliphatic hydroxyl groups is 1. The van der Waals surface area contributed by atoms with Gasteiger partial charge in [0.05, 0.1) is 19.4 Å². The molecule has 0 spiro atoms. The zero-order valence-electron chi connectivity index (χ0n) is 9.28. The molecule has 2 atom stereocenters. The third-order valence-electron chi connectivity index (χ3n) is 1.94. The fraction of sp³-hybridized carbons (Fsp3) is 0.800. The molecule has 16 heavy (non-hydrogen) atoms. The normalized spacial score (nSPS) is 12.2. The van der Waals surface area contributed by atoms with E-state index in [1.165, 1.54) is 7.11 Å². The summed E-state index contributed by atoms with van der Waals surface area (Å²) in [7, 11) is 1.20. The predicted octanol–water partition coefficient (Wildman–Crippen LogP) is 1.00. The molecule has 90 valence electrons. The van der Waals surface area contributed by atoms with Gasteiger partial charge < -0.3 is 9.84 Å². The van der Waals surface area contributed by atoms with E-state index in [1.54, 1.807) is 0 Å². The van der Waals surface area contributed by atoms with Crippen molar-refractivity contribution in [2.45, 2.75) is 44.9 Å². The van der Waals surface area contributed by atoms with Crippen LogP contribution in [-0.2, 0) is 14.3 Å². The summed E-state index contributed by atoms with van der Waals surface area (Å²) in [5.41, 5.74) is -0.0518. The summed E-state index contributed by atoms with van der Waals surface area (Å²) in [4.78, 5) is 22.0. The first-order valence-electron chi connectivity index (χ1n) is 5.14. The van der Waals surface area contributed by atoms with E-state index in [0.717, 1.165) is 12.8 Å². The van der Waals surface area contributed by atoms with Crippen molar-refractivity contribution in [3.63, 3.8) is 0 Å². The molecule has 0 bridgehead atoms. The Kier molecular flexibility index (Phi) is 14.2. The van der Waals surface area contributed by atoms with Crippen molar-refractivity contribution >= 4 is 49.6 Å². The summed E-state index contributed by atoms with van der Waals surface area (Å²) >= 11 is 0. The van der Waals surface area contributed by atoms with Crippen LogP contribution in [-0.4, -0.2) is 59.1 Å². The van der Waals surface area contributed by atoms with Crippen LogP contribution in [0.4, 0.5) is 0 Å². The number of ether oxygens (including phenoxy) is 1. The quantitative estimate of drug-likeness (QED) is 0.401. The van der Waals surface area contributed by atoms with Gasteiger partial charge in [-0.1, -0.05) is 19.8 Å². The van der Waals surface area contributed by atoms with Crippen LogP contribution in [0.2, 0.25) is 0 Å². The van der Waals surface area contributed by atoms with E-state index in [9.17, 15) is 14.7 Å². The van der Waals surface area contributed by atoms with Crippen molar-refractivity contribution in [2.24, 2.45) is 0 Å². The molecule has 0 aromatic carbocycles. The standard InChI is InChI=1S/C10H19O4P.Na.H/c1-3-4-5-9(12)15-10(13)7-6-8(11)14-2;;/h9,12,15H,3-7H2,1-2H3;;. The molecule has 0 saturated heterocycles. The van der Waals surface area contributed by atoms with Crippen LogP contribution in [0, 0.1) is 0 Å². The van der Waals surface area contributed by atoms with Gasteiger partial charge in [-0.2, -0.15) is 0 Å². The van der Waals surface area contributed by atoms with Crippen LogP contribution in [0.15, 0.2) is 0 Å². The molecule has 0 fully saturated rings. The molecule has 6 heteroatoms. The molecule has 2 unspecified atom stereocenters. The van der Waals surface area contributed by atoms with E-state index in [-0.39, 0.29) is 62.5 Å². The Bertz CT molecular complexity index is 211. The molecule has 0 radical (unpaired) electrons. The minimum absolute atomic E-state index is 0. The average molecular weight is 258 g/mol. The minimum atomic E-state index is -0.532. The molecule has 0 aromatic heterocycles. The third kappa shape index (κ3) is 11.0. The van der Waals surface area contributed by atoms with Crippen molar-refractivity contribution in [3.8, 4) is 0 Å². The molecule has 0 saturated carbocycles. The van der Waals surface area contributed by atoms with Crippen LogP contribution in [0.1, 0.15) is 39.0 Å². The molecule has 0 heterocycles. The molecule has 0 aromatic rings. The molecular weight excluding hydrogens is 238 g/mol. The van der Waals surface area contributed by atoms with Crippen LogP contribution in [0.25, 0.3) is 0 Å². The van der Waals surface area contributed by atoms with Gasteiger partial charge in [0.15, 0.2) is 5.52 Å². The number of esters is 1. The van der Waals surface area contributed by atoms with Crippen LogP contribution >= 0.6 is 8.58 Å². The van der Waals surface area contributed by atoms with Crippen molar-refractivity contribution in [3.05, 3.63) is 0 Å². The second-order valence-electron chi connectivity index (χ2n) is 3.30. The SMILES string of the molecule is CCCCC(O)PC(=O)CCC(=O)OC.[NaH]. The Balaban J connectivity index is 0. The number of hydrogen-bond acceptors (Lipinski definition) is 4. The molecule has 0 aliphatic carbocycles. The number of unbranched alkanes of at least 4 members (excludes halogenated alkanes) is 1. The zero-order chi connectivity index (χ0) is 11.7. The Labute approximate surface area is 121 Å². The summed E-state index contributed by atoms with van der Waals surface area (Å²) in [5, 5.41) is 9.45. The van der Waals surface area contributed by atoms with Crippen molar-refractivity contribution in [1.82, 2.24) is 0 Å². The molecule has 0 aliphatic rings. The van der Waals surface area contributed by atoms with Crippen molar-refractivity contribution in [2.75, 3.05) is 7.11 Å². The van der Waals surface area contributed by atoms with Gasteiger partial charge in [0.2, 0.25) is 0 Å². The van der Waals surface area contributed by atoms with Gasteiger partial charge in [0.25, 0.3) is 0 Å². The average Bonchev–Trinajstić information content (AvgIpc) is 2.22. The van der Waals surface area contributed by atoms with Crippen LogP contribution < -0.4 is 0 Å². The maximum absolute atomic E-state index is 11.3. The van der Waals surface area contributed by atoms with Gasteiger partial charge >= 0.3 is 35.5 Å². The number of hydrogen-bond donors (Lipinski definition) is 1. The molecule has 0 aliphatic heterocycles. The van der Waals surface area contributed by atoms with Crippen LogP contribution in [0.3, 0.4) is 0 Å². The first kappa shape index (κ1) is 18.9. The summed E-state index contributed by atoms with van der Waals surface area (Å²) in [6.07, 6.45) is 2.90. The molecular formula is C10H20NaO4P. The fourth-order valence-electron chi connectivity index (χ4n) is 1.05. The van der Waals surface area contributed by atoms with Gasteiger partial charge in [-0.15, -0.1) is 0 Å². The second kappa shape index (κ2) is 12.0. The fourth-order valence-corrected chi connectivity index (χ4v) is 2.03. The summed E-state index contributed by atoms with van der Waals surface area (Å²) in [6, 6.07) is 0. The van der Waals surface area contributed by atoms with Crippen LogP contribution in [0.5, 0.6) is 0 Å². The van der Waals surface area contributed by atoms with E-state index in [1.807, 2.05) is 6.92 Å². The van der Waals surface area contributed by atoms with E-state index >= 15 is 0 Å². The summed E-state index contributed by atoms with van der Waals surface area (Å²) < 4.78 is 4.42. The van der Waals surface area contributed by atoms with E-state index in [2.05, 4.69) is 4.74 Å². The Morgan fingerprint density at radius 1 is 1.38 bits per heavy atom. The first-order chi connectivity index (χ1) is 7.10. The molecule has 1 N–H and O–H groups in total. The van der Waals surface area contributed by atoms with E-state index in [0.29, 0.717) is 6.42 Å². The van der Waals surface area contributed by atoms with Gasteiger partial charge in [-0.25, -0.2) is 0 Å². The predicted molar refractivity (Wildman–Crippen MR) is 67.3 cm³/mol. The van der Waals surface area contributed by atoms with Crippen molar-refractivity contribution in [1.29, 1.82) is 0 Å². The van der Waals surface area contributed by atoms with Gasteiger partial charge in [0.1, 0.15) is 0 Å². The number of carbonyl (C=O) groups excluding carboxylic acids is 2. The van der Waals surface area contributed by atoms with E-state index < -0.39 is 5.85 Å². The molecule has 0 rings (SSSR count). The first-order valence-corrected chi connectivity index (χ1v) is 6.22. The number of methoxy groups -OCH3 is 1. The zero-order valence-corrected chi connectivity index (χ0v) is 10.3. The molecule has 0 amide bonds. The Morgan fingerprint density at radius 2 is 2.00 bits per heavy atom. The topological polar surface area (TPSA) is 63.6 Å². The summed E-state index contributed by atoms with van der Waals surface area (Å²) in [5.74, 6) is -0.911. The third-order valence-corrected chi connectivity index (χ3v) is 3.14. The summed E-state index contributed by atoms with van der Waals surface area (Å²) in [6.45, 7) is 2.04. The second-order valence-corrected chi connectivity index (χ2v) is 4.81. The Hall–Kier alpha value is 0.530. The monoisotopic (exact) mass is 258 g/mol. The number of carbonyl (C=O) groups is 2. The molecule has 4 nitrogen and oxygen atoms in total. The van der Waals surface area contributed by atoms with Crippen molar-refractivity contribution < 1.29 is 19.4 Å².